The Morgan fingerprint density at radius 3 is 2.42 bits per heavy atom. The molecule has 31 heavy (non-hydrogen) atoms. The average Bonchev–Trinajstić information content (AvgIpc) is 3.11. The Kier molecular flexibility index (Phi) is 7.91. The van der Waals surface area contributed by atoms with Crippen LogP contribution in [0.25, 0.3) is 16.8 Å². The van der Waals surface area contributed by atoms with Crippen LogP contribution in [0.15, 0.2) is 76.5 Å². The predicted molar refractivity (Wildman–Crippen MR) is 120 cm³/mol. The Balaban J connectivity index is 0.00000341. The summed E-state index contributed by atoms with van der Waals surface area (Å²) in [7, 11) is -1.02. The highest BCUT2D eigenvalue weighted by Crippen LogP contribution is 2.28. The number of rotatable bonds is 7. The fourth-order valence-corrected chi connectivity index (χ4v) is 3.93. The van der Waals surface area contributed by atoms with E-state index in [1.807, 2.05) is 30.3 Å². The summed E-state index contributed by atoms with van der Waals surface area (Å²) < 4.78 is 41.9. The lowest BCUT2D eigenvalue weighted by atomic mass is 10.1. The zero-order valence-electron chi connectivity index (χ0n) is 17.0. The minimum atomic E-state index is -3.85. The van der Waals surface area contributed by atoms with Crippen molar-refractivity contribution in [2.45, 2.75) is 11.4 Å². The molecule has 11 heteroatoms. The number of nitrogens with two attached hydrogens (primary N) is 1. The summed E-state index contributed by atoms with van der Waals surface area (Å²) >= 11 is 0. The molecule has 2 N–H and O–H groups in total. The van der Waals surface area contributed by atoms with Crippen molar-refractivity contribution < 1.29 is 12.8 Å². The fraction of sp³-hybridized carbons (Fsp3) is 0.200. The first kappa shape index (κ1) is 24.5. The second kappa shape index (κ2) is 10.0. The van der Waals surface area contributed by atoms with Gasteiger partial charge in [0, 0.05) is 20.6 Å². The van der Waals surface area contributed by atoms with E-state index in [1.165, 1.54) is 26.5 Å². The van der Waals surface area contributed by atoms with Gasteiger partial charge < -0.3 is 5.73 Å². The molecule has 0 unspecified atom stereocenters. The van der Waals surface area contributed by atoms with Gasteiger partial charge in [0.15, 0.2) is 0 Å². The van der Waals surface area contributed by atoms with Crippen LogP contribution in [-0.4, -0.2) is 47.7 Å². The van der Waals surface area contributed by atoms with E-state index in [0.29, 0.717) is 6.33 Å². The molecule has 0 amide bonds. The molecule has 0 saturated carbocycles. The normalized spacial score (nSPS) is 12.1. The first-order valence-corrected chi connectivity index (χ1v) is 10.5. The molecule has 0 aliphatic carbocycles. The van der Waals surface area contributed by atoms with Gasteiger partial charge in [0.1, 0.15) is 11.2 Å². The molecule has 3 rings (SSSR count). The van der Waals surface area contributed by atoms with E-state index in [2.05, 4.69) is 5.10 Å². The highest BCUT2D eigenvalue weighted by Gasteiger charge is 2.24. The molecule has 8 nitrogen and oxygen atoms in total. The topological polar surface area (TPSA) is 103 Å². The van der Waals surface area contributed by atoms with Gasteiger partial charge in [-0.2, -0.15) is 5.10 Å². The maximum Gasteiger partial charge on any atom is 0.350 e. The standard InChI is InChI=1S/C20H22FN5O3S.ClH/c1-24(2)30(28,29)19-9-8-17(16-6-4-3-5-7-16)10-18(19)25-14-23-26(20(25)27)13-15(11-21)12-22;/h3-11,14H,12-13,22H2,1-2H3;1H/b15-11+;. The highest BCUT2D eigenvalue weighted by atomic mass is 35.5. The van der Waals surface area contributed by atoms with Crippen LogP contribution < -0.4 is 11.4 Å². The summed E-state index contributed by atoms with van der Waals surface area (Å²) in [4.78, 5) is 12.9. The van der Waals surface area contributed by atoms with Crippen LogP contribution in [0.3, 0.4) is 0 Å². The minimum Gasteiger partial charge on any atom is -0.327 e. The van der Waals surface area contributed by atoms with E-state index in [9.17, 15) is 17.6 Å². The number of sulfonamides is 1. The Morgan fingerprint density at radius 2 is 1.84 bits per heavy atom. The number of benzene rings is 2. The molecule has 166 valence electrons. The molecule has 3 aromatic rings. The molecule has 0 fully saturated rings. The van der Waals surface area contributed by atoms with Crippen molar-refractivity contribution in [2.75, 3.05) is 20.6 Å². The van der Waals surface area contributed by atoms with Crippen LogP contribution >= 0.6 is 12.4 Å². The summed E-state index contributed by atoms with van der Waals surface area (Å²) in [5, 5.41) is 3.99. The summed E-state index contributed by atoms with van der Waals surface area (Å²) in [6, 6.07) is 14.1. The van der Waals surface area contributed by atoms with Gasteiger partial charge in [-0.1, -0.05) is 36.4 Å². The van der Waals surface area contributed by atoms with Crippen LogP contribution in [0, 0.1) is 0 Å². The highest BCUT2D eigenvalue weighted by molar-refractivity contribution is 7.89. The predicted octanol–water partition coefficient (Wildman–Crippen LogP) is 2.19. The van der Waals surface area contributed by atoms with Gasteiger partial charge in [-0.3, -0.25) is 0 Å². The summed E-state index contributed by atoms with van der Waals surface area (Å²) in [5.74, 6) is 0. The molecule has 0 aliphatic rings. The lowest BCUT2D eigenvalue weighted by molar-refractivity contribution is 0.520. The zero-order chi connectivity index (χ0) is 21.9. The van der Waals surface area contributed by atoms with Crippen molar-refractivity contribution in [3.63, 3.8) is 0 Å². The van der Waals surface area contributed by atoms with Crippen molar-refractivity contribution in [3.05, 3.63) is 77.2 Å². The monoisotopic (exact) mass is 467 g/mol. The Labute approximate surface area is 185 Å². The maximum atomic E-state index is 12.9. The lowest BCUT2D eigenvalue weighted by Gasteiger charge is -2.16. The molecule has 0 aliphatic heterocycles. The first-order valence-electron chi connectivity index (χ1n) is 9.04. The van der Waals surface area contributed by atoms with Crippen LogP contribution in [-0.2, 0) is 16.6 Å². The minimum absolute atomic E-state index is 0. The molecule has 1 heterocycles. The fourth-order valence-electron chi connectivity index (χ4n) is 2.88. The quantitative estimate of drug-likeness (QED) is 0.573. The molecule has 0 bridgehead atoms. The third-order valence-corrected chi connectivity index (χ3v) is 6.45. The van der Waals surface area contributed by atoms with Gasteiger partial charge in [-0.05, 0) is 28.8 Å². The molecule has 0 saturated heterocycles. The second-order valence-electron chi connectivity index (χ2n) is 6.75. The van der Waals surface area contributed by atoms with E-state index in [4.69, 9.17) is 5.73 Å². The van der Waals surface area contributed by atoms with Crippen LogP contribution in [0.1, 0.15) is 0 Å². The van der Waals surface area contributed by atoms with Crippen LogP contribution in [0.4, 0.5) is 4.39 Å². The third kappa shape index (κ3) is 4.93. The van der Waals surface area contributed by atoms with Gasteiger partial charge in [0.2, 0.25) is 10.0 Å². The van der Waals surface area contributed by atoms with Crippen LogP contribution in [0.5, 0.6) is 0 Å². The van der Waals surface area contributed by atoms with E-state index < -0.39 is 15.7 Å². The van der Waals surface area contributed by atoms with Gasteiger partial charge in [0.25, 0.3) is 0 Å². The molecule has 0 radical (unpaired) electrons. The average molecular weight is 468 g/mol. The number of hydrogen-bond donors (Lipinski definition) is 1. The number of nitrogens with zero attached hydrogens (tertiary/aromatic N) is 4. The molecular formula is C20H23ClFN5O3S. The smallest absolute Gasteiger partial charge is 0.327 e. The van der Waals surface area contributed by atoms with Crippen molar-refractivity contribution >= 4 is 22.4 Å². The lowest BCUT2D eigenvalue weighted by Crippen LogP contribution is -2.28. The van der Waals surface area contributed by atoms with Crippen molar-refractivity contribution in [1.29, 1.82) is 0 Å². The van der Waals surface area contributed by atoms with E-state index in [-0.39, 0.29) is 41.7 Å². The van der Waals surface area contributed by atoms with E-state index in [1.54, 1.807) is 12.1 Å². The van der Waals surface area contributed by atoms with Gasteiger partial charge in [-0.25, -0.2) is 31.2 Å². The van der Waals surface area contributed by atoms with Gasteiger partial charge in [0.05, 0.1) is 18.6 Å². The van der Waals surface area contributed by atoms with Crippen LogP contribution in [0.2, 0.25) is 0 Å². The van der Waals surface area contributed by atoms with E-state index >= 15 is 0 Å². The SMILES string of the molecule is CN(C)S(=O)(=O)c1ccc(-c2ccccc2)cc1-n1cnn(C/C(=C/F)CN)c1=O.Cl. The molecule has 1 aromatic heterocycles. The number of hydrogen-bond acceptors (Lipinski definition) is 5. The van der Waals surface area contributed by atoms with Crippen molar-refractivity contribution in [1.82, 2.24) is 18.7 Å². The van der Waals surface area contributed by atoms with E-state index in [0.717, 1.165) is 24.7 Å². The number of halogens is 2. The zero-order valence-corrected chi connectivity index (χ0v) is 18.6. The van der Waals surface area contributed by atoms with Crippen molar-refractivity contribution in [3.8, 4) is 16.8 Å². The Hall–Kier alpha value is -2.79. The molecular weight excluding hydrogens is 445 g/mol. The largest absolute Gasteiger partial charge is 0.350 e. The third-order valence-electron chi connectivity index (χ3n) is 4.59. The number of aromatic nitrogens is 3. The second-order valence-corrected chi connectivity index (χ2v) is 8.87. The van der Waals surface area contributed by atoms with Crippen molar-refractivity contribution in [2.24, 2.45) is 5.73 Å². The molecule has 0 spiro atoms. The van der Waals surface area contributed by atoms with Gasteiger partial charge in [-0.15, -0.1) is 12.4 Å². The Morgan fingerprint density at radius 1 is 1.16 bits per heavy atom. The summed E-state index contributed by atoms with van der Waals surface area (Å²) in [5.41, 5.74) is 6.77. The summed E-state index contributed by atoms with van der Waals surface area (Å²) in [6.45, 7) is -0.202. The maximum absolute atomic E-state index is 12.9. The van der Waals surface area contributed by atoms with Gasteiger partial charge >= 0.3 is 5.69 Å². The molecule has 0 atom stereocenters. The Bertz CT molecular complexity index is 1240. The molecule has 2 aromatic carbocycles. The summed E-state index contributed by atoms with van der Waals surface area (Å²) in [6.07, 6.45) is 1.55. The first-order chi connectivity index (χ1) is 14.3.